The highest BCUT2D eigenvalue weighted by atomic mass is 32.1. The van der Waals surface area contributed by atoms with Gasteiger partial charge in [0, 0.05) is 36.1 Å². The molecule has 4 rings (SSSR count). The second-order valence-electron chi connectivity index (χ2n) is 5.95. The first-order chi connectivity index (χ1) is 11.3. The number of benzene rings is 1. The minimum Gasteiger partial charge on any atom is -0.338 e. The van der Waals surface area contributed by atoms with Crippen LogP contribution in [-0.2, 0) is 6.42 Å². The van der Waals surface area contributed by atoms with Crippen molar-refractivity contribution in [2.45, 2.75) is 19.8 Å². The normalized spacial score (nSPS) is 17.8. The van der Waals surface area contributed by atoms with Gasteiger partial charge in [0.25, 0.3) is 11.8 Å². The summed E-state index contributed by atoms with van der Waals surface area (Å²) in [5.41, 5.74) is 2.07. The van der Waals surface area contributed by atoms with Crippen molar-refractivity contribution in [3.05, 3.63) is 46.4 Å². The Morgan fingerprint density at radius 1 is 1.26 bits per heavy atom. The SMILES string of the molecule is Cc1csc(CC2CCN(c3noc(-c4ccccc4)n3)C2)n1. The van der Waals surface area contributed by atoms with E-state index in [1.165, 1.54) is 5.01 Å². The highest BCUT2D eigenvalue weighted by Gasteiger charge is 2.26. The predicted molar refractivity (Wildman–Crippen MR) is 90.6 cm³/mol. The van der Waals surface area contributed by atoms with E-state index in [-0.39, 0.29) is 0 Å². The van der Waals surface area contributed by atoms with Crippen molar-refractivity contribution in [3.8, 4) is 11.5 Å². The molecule has 2 aromatic heterocycles. The van der Waals surface area contributed by atoms with Gasteiger partial charge in [-0.15, -0.1) is 11.3 Å². The molecule has 1 unspecified atom stereocenters. The topological polar surface area (TPSA) is 55.1 Å². The Balaban J connectivity index is 1.43. The maximum atomic E-state index is 5.41. The van der Waals surface area contributed by atoms with Crippen LogP contribution in [0.5, 0.6) is 0 Å². The third kappa shape index (κ3) is 3.12. The molecule has 0 aliphatic carbocycles. The molecular formula is C17H18N4OS. The Labute approximate surface area is 139 Å². The lowest BCUT2D eigenvalue weighted by Gasteiger charge is -2.12. The molecule has 1 fully saturated rings. The van der Waals surface area contributed by atoms with E-state index in [1.54, 1.807) is 11.3 Å². The fourth-order valence-electron chi connectivity index (χ4n) is 2.97. The van der Waals surface area contributed by atoms with Gasteiger partial charge in [0.2, 0.25) is 0 Å². The zero-order valence-corrected chi connectivity index (χ0v) is 13.8. The van der Waals surface area contributed by atoms with Gasteiger partial charge in [0.05, 0.1) is 5.01 Å². The Morgan fingerprint density at radius 2 is 2.13 bits per heavy atom. The molecule has 3 aromatic rings. The van der Waals surface area contributed by atoms with Crippen molar-refractivity contribution in [2.75, 3.05) is 18.0 Å². The number of rotatable bonds is 4. The van der Waals surface area contributed by atoms with E-state index in [4.69, 9.17) is 4.52 Å². The van der Waals surface area contributed by atoms with Gasteiger partial charge in [-0.1, -0.05) is 18.2 Å². The molecule has 1 atom stereocenters. The average Bonchev–Trinajstić information content (AvgIpc) is 3.29. The van der Waals surface area contributed by atoms with Crippen LogP contribution in [-0.4, -0.2) is 28.2 Å². The van der Waals surface area contributed by atoms with Crippen LogP contribution in [0.25, 0.3) is 11.5 Å². The molecule has 0 N–H and O–H groups in total. The van der Waals surface area contributed by atoms with Gasteiger partial charge in [0.15, 0.2) is 0 Å². The van der Waals surface area contributed by atoms with E-state index in [1.807, 2.05) is 37.3 Å². The summed E-state index contributed by atoms with van der Waals surface area (Å²) < 4.78 is 5.41. The number of anilines is 1. The molecule has 5 nitrogen and oxygen atoms in total. The maximum absolute atomic E-state index is 5.41. The molecule has 3 heterocycles. The predicted octanol–water partition coefficient (Wildman–Crippen LogP) is 3.57. The minimum atomic E-state index is 0.583. The molecular weight excluding hydrogens is 308 g/mol. The fraction of sp³-hybridized carbons (Fsp3) is 0.353. The lowest BCUT2D eigenvalue weighted by Crippen LogP contribution is -2.21. The number of hydrogen-bond donors (Lipinski definition) is 0. The van der Waals surface area contributed by atoms with Crippen LogP contribution in [0.2, 0.25) is 0 Å². The summed E-state index contributed by atoms with van der Waals surface area (Å²) in [4.78, 5) is 11.3. The van der Waals surface area contributed by atoms with Crippen LogP contribution in [0.4, 0.5) is 5.95 Å². The number of aryl methyl sites for hydroxylation is 1. The lowest BCUT2D eigenvalue weighted by molar-refractivity contribution is 0.430. The van der Waals surface area contributed by atoms with E-state index in [2.05, 4.69) is 25.4 Å². The highest BCUT2D eigenvalue weighted by molar-refractivity contribution is 7.09. The molecule has 23 heavy (non-hydrogen) atoms. The van der Waals surface area contributed by atoms with Crippen molar-refractivity contribution in [1.29, 1.82) is 0 Å². The summed E-state index contributed by atoms with van der Waals surface area (Å²) in [5, 5.41) is 7.49. The van der Waals surface area contributed by atoms with Crippen LogP contribution < -0.4 is 4.90 Å². The molecule has 1 aliphatic rings. The number of nitrogens with zero attached hydrogens (tertiary/aromatic N) is 4. The Hall–Kier alpha value is -2.21. The molecule has 0 amide bonds. The zero-order valence-electron chi connectivity index (χ0n) is 13.0. The molecule has 6 heteroatoms. The van der Waals surface area contributed by atoms with Crippen LogP contribution >= 0.6 is 11.3 Å². The first kappa shape index (κ1) is 14.4. The molecule has 1 aliphatic heterocycles. The van der Waals surface area contributed by atoms with Crippen LogP contribution in [0, 0.1) is 12.8 Å². The number of hydrogen-bond acceptors (Lipinski definition) is 6. The second-order valence-corrected chi connectivity index (χ2v) is 6.90. The highest BCUT2D eigenvalue weighted by Crippen LogP contribution is 2.27. The van der Waals surface area contributed by atoms with E-state index >= 15 is 0 Å². The van der Waals surface area contributed by atoms with Gasteiger partial charge in [-0.05, 0) is 36.6 Å². The van der Waals surface area contributed by atoms with E-state index in [9.17, 15) is 0 Å². The Bertz CT molecular complexity index is 783. The second kappa shape index (κ2) is 6.12. The Morgan fingerprint density at radius 3 is 2.91 bits per heavy atom. The van der Waals surface area contributed by atoms with E-state index < -0.39 is 0 Å². The molecule has 0 saturated carbocycles. The molecule has 0 spiro atoms. The molecule has 1 saturated heterocycles. The molecule has 0 radical (unpaired) electrons. The minimum absolute atomic E-state index is 0.583. The van der Waals surface area contributed by atoms with Gasteiger partial charge in [0.1, 0.15) is 0 Å². The third-order valence-corrected chi connectivity index (χ3v) is 5.12. The van der Waals surface area contributed by atoms with Gasteiger partial charge >= 0.3 is 0 Å². The largest absolute Gasteiger partial charge is 0.338 e. The van der Waals surface area contributed by atoms with Crippen molar-refractivity contribution >= 4 is 17.3 Å². The van der Waals surface area contributed by atoms with Gasteiger partial charge in [-0.3, -0.25) is 0 Å². The van der Waals surface area contributed by atoms with Crippen molar-refractivity contribution in [2.24, 2.45) is 5.92 Å². The molecule has 118 valence electrons. The van der Waals surface area contributed by atoms with Crippen molar-refractivity contribution < 1.29 is 4.52 Å². The van der Waals surface area contributed by atoms with Crippen LogP contribution in [0.1, 0.15) is 17.1 Å². The lowest BCUT2D eigenvalue weighted by atomic mass is 10.1. The average molecular weight is 326 g/mol. The maximum Gasteiger partial charge on any atom is 0.266 e. The third-order valence-electron chi connectivity index (χ3n) is 4.13. The van der Waals surface area contributed by atoms with Crippen molar-refractivity contribution in [1.82, 2.24) is 15.1 Å². The summed E-state index contributed by atoms with van der Waals surface area (Å²) in [7, 11) is 0. The van der Waals surface area contributed by atoms with Crippen molar-refractivity contribution in [3.63, 3.8) is 0 Å². The first-order valence-electron chi connectivity index (χ1n) is 7.83. The van der Waals surface area contributed by atoms with Crippen LogP contribution in [0.15, 0.2) is 40.2 Å². The van der Waals surface area contributed by atoms with E-state index in [0.29, 0.717) is 17.8 Å². The quantitative estimate of drug-likeness (QED) is 0.733. The van der Waals surface area contributed by atoms with Gasteiger partial charge < -0.3 is 9.42 Å². The zero-order chi connectivity index (χ0) is 15.6. The molecule has 0 bridgehead atoms. The van der Waals surface area contributed by atoms with E-state index in [0.717, 1.165) is 37.2 Å². The first-order valence-corrected chi connectivity index (χ1v) is 8.71. The monoisotopic (exact) mass is 326 g/mol. The van der Waals surface area contributed by atoms with Gasteiger partial charge in [-0.25, -0.2) is 4.98 Å². The summed E-state index contributed by atoms with van der Waals surface area (Å²) in [6.45, 7) is 3.99. The van der Waals surface area contributed by atoms with Gasteiger partial charge in [-0.2, -0.15) is 4.98 Å². The molecule has 1 aromatic carbocycles. The smallest absolute Gasteiger partial charge is 0.266 e. The van der Waals surface area contributed by atoms with Crippen LogP contribution in [0.3, 0.4) is 0 Å². The number of thiazole rings is 1. The number of aromatic nitrogens is 3. The standard InChI is InChI=1S/C17H18N4OS/c1-12-11-23-15(18-12)9-13-7-8-21(10-13)17-19-16(22-20-17)14-5-3-2-4-6-14/h2-6,11,13H,7-10H2,1H3. The summed E-state index contributed by atoms with van der Waals surface area (Å²) in [5.74, 6) is 1.89. The Kier molecular flexibility index (Phi) is 3.83. The summed E-state index contributed by atoms with van der Waals surface area (Å²) >= 11 is 1.76. The fourth-order valence-corrected chi connectivity index (χ4v) is 3.85. The summed E-state index contributed by atoms with van der Waals surface area (Å²) in [6, 6.07) is 9.89. The summed E-state index contributed by atoms with van der Waals surface area (Å²) in [6.07, 6.45) is 2.19.